The van der Waals surface area contributed by atoms with Crippen LogP contribution >= 0.6 is 0 Å². The number of benzene rings is 1. The number of amides is 1. The van der Waals surface area contributed by atoms with Crippen molar-refractivity contribution in [2.24, 2.45) is 5.92 Å². The van der Waals surface area contributed by atoms with Gasteiger partial charge in [-0.05, 0) is 17.9 Å². The van der Waals surface area contributed by atoms with E-state index in [-0.39, 0.29) is 11.9 Å². The molecule has 1 N–H and O–H groups in total. The number of carbonyl (C=O) groups excluding carboxylic acids is 1. The normalized spacial score (nSPS) is 18.4. The van der Waals surface area contributed by atoms with Crippen molar-refractivity contribution < 1.29 is 9.32 Å². The van der Waals surface area contributed by atoms with E-state index in [9.17, 15) is 4.79 Å². The first kappa shape index (κ1) is 15.7. The Balaban J connectivity index is 1.68. The molecule has 0 saturated carbocycles. The maximum absolute atomic E-state index is 12.6. The van der Waals surface area contributed by atoms with Crippen LogP contribution in [0.3, 0.4) is 0 Å². The molecule has 1 unspecified atom stereocenters. The third-order valence-corrected chi connectivity index (χ3v) is 4.05. The summed E-state index contributed by atoms with van der Waals surface area (Å²) in [7, 11) is 0. The quantitative estimate of drug-likeness (QED) is 0.943. The van der Waals surface area contributed by atoms with Crippen LogP contribution in [0.5, 0.6) is 0 Å². The van der Waals surface area contributed by atoms with E-state index < -0.39 is 0 Å². The summed E-state index contributed by atoms with van der Waals surface area (Å²) in [5, 5.41) is 7.47. The van der Waals surface area contributed by atoms with Gasteiger partial charge in [0.25, 0.3) is 5.91 Å². The van der Waals surface area contributed by atoms with Crippen LogP contribution in [-0.2, 0) is 6.42 Å². The molecule has 5 heteroatoms. The van der Waals surface area contributed by atoms with Gasteiger partial charge in [0.2, 0.25) is 5.76 Å². The molecule has 1 aromatic heterocycles. The number of nitrogens with one attached hydrogen (secondary N) is 1. The number of hydrogen-bond acceptors (Lipinski definition) is 4. The van der Waals surface area contributed by atoms with Crippen LogP contribution in [0.15, 0.2) is 40.9 Å². The lowest BCUT2D eigenvalue weighted by atomic mass is 10.0. The highest BCUT2D eigenvalue weighted by Gasteiger charge is 2.27. The highest BCUT2D eigenvalue weighted by molar-refractivity contribution is 5.91. The van der Waals surface area contributed by atoms with Crippen molar-refractivity contribution in [1.82, 2.24) is 15.4 Å². The number of carbonyl (C=O) groups is 1. The van der Waals surface area contributed by atoms with E-state index in [1.807, 2.05) is 23.1 Å². The summed E-state index contributed by atoms with van der Waals surface area (Å²) in [6, 6.07) is 12.1. The van der Waals surface area contributed by atoms with Crippen LogP contribution in [0.1, 0.15) is 41.7 Å². The number of aromatic nitrogens is 1. The second-order valence-corrected chi connectivity index (χ2v) is 6.45. The third kappa shape index (κ3) is 3.79. The highest BCUT2D eigenvalue weighted by atomic mass is 16.5. The molecule has 122 valence electrons. The minimum absolute atomic E-state index is 0.0741. The van der Waals surface area contributed by atoms with Crippen molar-refractivity contribution in [1.29, 1.82) is 0 Å². The van der Waals surface area contributed by atoms with Gasteiger partial charge in [0.1, 0.15) is 0 Å². The fraction of sp³-hybridized carbons (Fsp3) is 0.444. The van der Waals surface area contributed by atoms with Crippen molar-refractivity contribution >= 4 is 5.91 Å². The van der Waals surface area contributed by atoms with Crippen LogP contribution in [0.2, 0.25) is 0 Å². The van der Waals surface area contributed by atoms with E-state index >= 15 is 0 Å². The second kappa shape index (κ2) is 6.96. The van der Waals surface area contributed by atoms with Crippen molar-refractivity contribution in [2.45, 2.75) is 26.3 Å². The Morgan fingerprint density at radius 2 is 2.17 bits per heavy atom. The van der Waals surface area contributed by atoms with E-state index in [2.05, 4.69) is 36.5 Å². The Hall–Kier alpha value is -2.14. The molecule has 1 aliphatic rings. The van der Waals surface area contributed by atoms with Gasteiger partial charge in [-0.2, -0.15) is 0 Å². The number of nitrogens with zero attached hydrogens (tertiary/aromatic N) is 2. The summed E-state index contributed by atoms with van der Waals surface area (Å²) in [5.74, 6) is 0.758. The van der Waals surface area contributed by atoms with Gasteiger partial charge in [0, 0.05) is 31.7 Å². The Kier molecular flexibility index (Phi) is 4.76. The summed E-state index contributed by atoms with van der Waals surface area (Å²) in [4.78, 5) is 14.5. The Morgan fingerprint density at radius 1 is 1.39 bits per heavy atom. The van der Waals surface area contributed by atoms with Gasteiger partial charge in [-0.1, -0.05) is 49.3 Å². The minimum Gasteiger partial charge on any atom is -0.351 e. The molecule has 23 heavy (non-hydrogen) atoms. The van der Waals surface area contributed by atoms with E-state index in [0.717, 1.165) is 18.7 Å². The molecule has 3 rings (SSSR count). The van der Waals surface area contributed by atoms with Crippen LogP contribution in [0.25, 0.3) is 0 Å². The lowest BCUT2D eigenvalue weighted by Gasteiger charge is -2.33. The van der Waals surface area contributed by atoms with Crippen LogP contribution < -0.4 is 5.32 Å². The van der Waals surface area contributed by atoms with Crippen molar-refractivity contribution in [2.75, 3.05) is 19.6 Å². The zero-order valence-electron chi connectivity index (χ0n) is 13.7. The van der Waals surface area contributed by atoms with Crippen molar-refractivity contribution in [3.8, 4) is 0 Å². The molecular weight excluding hydrogens is 290 g/mol. The molecule has 2 heterocycles. The van der Waals surface area contributed by atoms with Gasteiger partial charge >= 0.3 is 0 Å². The Morgan fingerprint density at radius 3 is 2.91 bits per heavy atom. The molecular formula is C18H23N3O2. The van der Waals surface area contributed by atoms with E-state index in [1.54, 1.807) is 6.07 Å². The second-order valence-electron chi connectivity index (χ2n) is 6.45. The first-order valence-electron chi connectivity index (χ1n) is 8.16. The van der Waals surface area contributed by atoms with E-state index in [1.165, 1.54) is 5.56 Å². The molecule has 5 nitrogen and oxygen atoms in total. The zero-order valence-corrected chi connectivity index (χ0v) is 13.7. The monoisotopic (exact) mass is 313 g/mol. The maximum Gasteiger partial charge on any atom is 0.292 e. The number of piperazine rings is 1. The van der Waals surface area contributed by atoms with Gasteiger partial charge in [-0.3, -0.25) is 4.79 Å². The molecule has 1 aromatic carbocycles. The molecule has 0 bridgehead atoms. The maximum atomic E-state index is 12.6. The molecule has 1 fully saturated rings. The fourth-order valence-corrected chi connectivity index (χ4v) is 2.93. The van der Waals surface area contributed by atoms with Gasteiger partial charge < -0.3 is 14.7 Å². The summed E-state index contributed by atoms with van der Waals surface area (Å²) < 4.78 is 5.26. The molecule has 1 atom stereocenters. The lowest BCUT2D eigenvalue weighted by molar-refractivity contribution is 0.0661. The van der Waals surface area contributed by atoms with Crippen LogP contribution in [0, 0.1) is 5.92 Å². The average molecular weight is 313 g/mol. The largest absolute Gasteiger partial charge is 0.351 e. The summed E-state index contributed by atoms with van der Waals surface area (Å²) in [5.41, 5.74) is 2.04. The van der Waals surface area contributed by atoms with Crippen molar-refractivity contribution in [3.63, 3.8) is 0 Å². The number of rotatable bonds is 4. The molecule has 1 amide bonds. The molecule has 1 saturated heterocycles. The van der Waals surface area contributed by atoms with Crippen LogP contribution in [0.4, 0.5) is 0 Å². The van der Waals surface area contributed by atoms with Crippen LogP contribution in [-0.4, -0.2) is 35.6 Å². The topological polar surface area (TPSA) is 58.4 Å². The van der Waals surface area contributed by atoms with E-state index in [4.69, 9.17) is 4.52 Å². The third-order valence-electron chi connectivity index (χ3n) is 4.05. The standard InChI is InChI=1S/C18H23N3O2/c1-13(2)10-15-11-17(23-20-15)18(22)21-9-8-19-16(12-21)14-6-4-3-5-7-14/h3-7,11,13,16,19H,8-10,12H2,1-2H3. The average Bonchev–Trinajstić information content (AvgIpc) is 3.03. The molecule has 2 aromatic rings. The molecule has 0 aliphatic carbocycles. The smallest absolute Gasteiger partial charge is 0.292 e. The van der Waals surface area contributed by atoms with Gasteiger partial charge in [0.15, 0.2) is 0 Å². The lowest BCUT2D eigenvalue weighted by Crippen LogP contribution is -2.48. The van der Waals surface area contributed by atoms with Gasteiger partial charge in [-0.25, -0.2) is 0 Å². The Labute approximate surface area is 136 Å². The molecule has 0 spiro atoms. The number of hydrogen-bond donors (Lipinski definition) is 1. The van der Waals surface area contributed by atoms with Gasteiger partial charge in [0.05, 0.1) is 5.69 Å². The first-order chi connectivity index (χ1) is 11.1. The summed E-state index contributed by atoms with van der Waals surface area (Å²) in [6.45, 7) is 6.34. The summed E-state index contributed by atoms with van der Waals surface area (Å²) >= 11 is 0. The van der Waals surface area contributed by atoms with Crippen molar-refractivity contribution in [3.05, 3.63) is 53.4 Å². The predicted molar refractivity (Wildman–Crippen MR) is 88.1 cm³/mol. The Bertz CT molecular complexity index is 651. The SMILES string of the molecule is CC(C)Cc1cc(C(=O)N2CCNC(c3ccccc3)C2)on1. The fourth-order valence-electron chi connectivity index (χ4n) is 2.93. The molecule has 0 radical (unpaired) electrons. The first-order valence-corrected chi connectivity index (χ1v) is 8.16. The molecule has 1 aliphatic heterocycles. The minimum atomic E-state index is -0.0741. The zero-order chi connectivity index (χ0) is 16.2. The van der Waals surface area contributed by atoms with Gasteiger partial charge in [-0.15, -0.1) is 0 Å². The highest BCUT2D eigenvalue weighted by Crippen LogP contribution is 2.19. The predicted octanol–water partition coefficient (Wildman–Crippen LogP) is 2.66. The van der Waals surface area contributed by atoms with E-state index in [0.29, 0.717) is 24.8 Å². The summed E-state index contributed by atoms with van der Waals surface area (Å²) in [6.07, 6.45) is 0.824.